The predicted molar refractivity (Wildman–Crippen MR) is 76.9 cm³/mol. The zero-order valence-electron chi connectivity index (χ0n) is 12.6. The number of halogens is 1. The Bertz CT molecular complexity index is 532. The molecule has 1 atom stereocenters. The van der Waals surface area contributed by atoms with Gasteiger partial charge in [0.1, 0.15) is 6.04 Å². The van der Waals surface area contributed by atoms with Gasteiger partial charge in [0.2, 0.25) is 5.91 Å². The number of carboxylic acids is 1. The minimum atomic E-state index is -1.23. The summed E-state index contributed by atoms with van der Waals surface area (Å²) >= 11 is 0. The zero-order chi connectivity index (χ0) is 16.7. The summed E-state index contributed by atoms with van der Waals surface area (Å²) in [6.07, 6.45) is -0.164. The van der Waals surface area contributed by atoms with Crippen molar-refractivity contribution in [2.75, 3.05) is 7.11 Å². The van der Waals surface area contributed by atoms with Crippen LogP contribution in [0.3, 0.4) is 0 Å². The molecule has 7 heteroatoms. The van der Waals surface area contributed by atoms with E-state index in [-0.39, 0.29) is 23.3 Å². The first kappa shape index (κ1) is 18.9. The summed E-state index contributed by atoms with van der Waals surface area (Å²) in [6, 6.07) is -0.262. The number of ether oxygens (including phenoxy) is 1. The van der Waals surface area contributed by atoms with Crippen LogP contribution in [0.1, 0.15) is 35.3 Å². The van der Waals surface area contributed by atoms with Crippen LogP contribution < -0.4 is 16.2 Å². The molecule has 21 heavy (non-hydrogen) atoms. The highest BCUT2D eigenvalue weighted by Gasteiger charge is 2.23. The third kappa shape index (κ3) is 4.42. The number of carbonyl (C=O) groups is 2. The van der Waals surface area contributed by atoms with Gasteiger partial charge in [0, 0.05) is 17.5 Å². The van der Waals surface area contributed by atoms with Crippen molar-refractivity contribution < 1.29 is 23.8 Å². The normalized spacial score (nSPS) is 11.1. The number of carboxylic acid groups (broad SMARTS) is 1. The third-order valence-corrected chi connectivity index (χ3v) is 2.83. The van der Waals surface area contributed by atoms with Crippen LogP contribution in [-0.2, 0) is 11.2 Å². The monoisotopic (exact) mass is 300 g/mol. The fourth-order valence-electron chi connectivity index (χ4n) is 1.81. The SMILES string of the molecule is CC.COc1c(F)cc(C(N)=O)c(C)c1CC(N)C(=O)O. The molecule has 0 radical (unpaired) electrons. The van der Waals surface area contributed by atoms with E-state index in [1.165, 1.54) is 14.0 Å². The summed E-state index contributed by atoms with van der Waals surface area (Å²) in [5, 5.41) is 8.79. The first-order chi connectivity index (χ1) is 9.79. The van der Waals surface area contributed by atoms with Crippen molar-refractivity contribution in [3.8, 4) is 5.75 Å². The van der Waals surface area contributed by atoms with Crippen molar-refractivity contribution in [1.82, 2.24) is 0 Å². The molecule has 1 aromatic carbocycles. The number of methoxy groups -OCH3 is 1. The van der Waals surface area contributed by atoms with Crippen LogP contribution in [0.25, 0.3) is 0 Å². The number of carbonyl (C=O) groups excluding carboxylic acids is 1. The Balaban J connectivity index is 0.00000191. The lowest BCUT2D eigenvalue weighted by atomic mass is 9.95. The second kappa shape index (κ2) is 8.21. The van der Waals surface area contributed by atoms with Gasteiger partial charge in [0.05, 0.1) is 7.11 Å². The number of hydrogen-bond donors (Lipinski definition) is 3. The molecule has 5 N–H and O–H groups in total. The van der Waals surface area contributed by atoms with Crippen LogP contribution in [0.15, 0.2) is 6.07 Å². The number of nitrogens with two attached hydrogens (primary N) is 2. The van der Waals surface area contributed by atoms with Crippen LogP contribution in [0.4, 0.5) is 4.39 Å². The maximum atomic E-state index is 13.8. The number of amides is 1. The topological polar surface area (TPSA) is 116 Å². The number of primary amides is 1. The van der Waals surface area contributed by atoms with E-state index in [1.807, 2.05) is 13.8 Å². The van der Waals surface area contributed by atoms with E-state index in [0.29, 0.717) is 5.56 Å². The van der Waals surface area contributed by atoms with Crippen molar-refractivity contribution in [3.05, 3.63) is 28.6 Å². The summed E-state index contributed by atoms with van der Waals surface area (Å²) in [5.74, 6) is -2.94. The number of aliphatic carboxylic acids is 1. The molecule has 0 fully saturated rings. The van der Waals surface area contributed by atoms with Crippen molar-refractivity contribution in [3.63, 3.8) is 0 Å². The molecule has 1 unspecified atom stereocenters. The van der Waals surface area contributed by atoms with Crippen LogP contribution >= 0.6 is 0 Å². The molecule has 0 saturated heterocycles. The lowest BCUT2D eigenvalue weighted by Gasteiger charge is -2.16. The first-order valence-corrected chi connectivity index (χ1v) is 6.43. The van der Waals surface area contributed by atoms with E-state index in [2.05, 4.69) is 0 Å². The quantitative estimate of drug-likeness (QED) is 0.756. The molecule has 0 aliphatic heterocycles. The molecular weight excluding hydrogens is 279 g/mol. The van der Waals surface area contributed by atoms with E-state index >= 15 is 0 Å². The minimum Gasteiger partial charge on any atom is -0.493 e. The van der Waals surface area contributed by atoms with Gasteiger partial charge in [-0.05, 0) is 18.6 Å². The molecule has 1 rings (SSSR count). The molecule has 0 saturated carbocycles. The Morgan fingerprint density at radius 2 is 1.95 bits per heavy atom. The van der Waals surface area contributed by atoms with Crippen molar-refractivity contribution in [2.45, 2.75) is 33.2 Å². The van der Waals surface area contributed by atoms with Crippen LogP contribution in [0, 0.1) is 12.7 Å². The van der Waals surface area contributed by atoms with E-state index in [1.54, 1.807) is 0 Å². The molecule has 0 aromatic heterocycles. The molecule has 6 nitrogen and oxygen atoms in total. The third-order valence-electron chi connectivity index (χ3n) is 2.83. The molecule has 1 amide bonds. The second-order valence-corrected chi connectivity index (χ2v) is 4.06. The number of benzene rings is 1. The fraction of sp³-hybridized carbons (Fsp3) is 0.429. The van der Waals surface area contributed by atoms with Gasteiger partial charge < -0.3 is 21.3 Å². The average Bonchev–Trinajstić information content (AvgIpc) is 2.44. The highest BCUT2D eigenvalue weighted by molar-refractivity contribution is 5.95. The predicted octanol–water partition coefficient (Wildman–Crippen LogP) is 1.22. The maximum absolute atomic E-state index is 13.8. The van der Waals surface area contributed by atoms with Gasteiger partial charge in [-0.15, -0.1) is 0 Å². The molecule has 0 heterocycles. The largest absolute Gasteiger partial charge is 0.493 e. The average molecular weight is 300 g/mol. The fourth-order valence-corrected chi connectivity index (χ4v) is 1.81. The Hall–Kier alpha value is -2.15. The Labute approximate surface area is 122 Å². The van der Waals surface area contributed by atoms with Gasteiger partial charge in [-0.25, -0.2) is 4.39 Å². The Morgan fingerprint density at radius 3 is 2.33 bits per heavy atom. The summed E-state index contributed by atoms with van der Waals surface area (Å²) in [4.78, 5) is 22.0. The van der Waals surface area contributed by atoms with Crippen molar-refractivity contribution >= 4 is 11.9 Å². The van der Waals surface area contributed by atoms with Crippen molar-refractivity contribution in [2.24, 2.45) is 11.5 Å². The standard InChI is InChI=1S/C12H15FN2O4.C2H6/c1-5-6(4-9(14)12(17)18)10(19-2)8(13)3-7(5)11(15)16;1-2/h3,9H,4,14H2,1-2H3,(H2,15,16)(H,17,18);1-2H3. The lowest BCUT2D eigenvalue weighted by Crippen LogP contribution is -2.33. The summed E-state index contributed by atoms with van der Waals surface area (Å²) in [6.45, 7) is 5.53. The molecule has 118 valence electrons. The van der Waals surface area contributed by atoms with Crippen LogP contribution in [-0.4, -0.2) is 30.1 Å². The van der Waals surface area contributed by atoms with Gasteiger partial charge in [0.25, 0.3) is 0 Å². The van der Waals surface area contributed by atoms with E-state index < -0.39 is 23.7 Å². The van der Waals surface area contributed by atoms with E-state index in [0.717, 1.165) is 6.07 Å². The first-order valence-electron chi connectivity index (χ1n) is 6.43. The maximum Gasteiger partial charge on any atom is 0.320 e. The van der Waals surface area contributed by atoms with Gasteiger partial charge in [-0.1, -0.05) is 13.8 Å². The highest BCUT2D eigenvalue weighted by atomic mass is 19.1. The minimum absolute atomic E-state index is 0.0223. The van der Waals surface area contributed by atoms with Gasteiger partial charge >= 0.3 is 5.97 Å². The van der Waals surface area contributed by atoms with Gasteiger partial charge in [-0.2, -0.15) is 0 Å². The number of rotatable bonds is 5. The van der Waals surface area contributed by atoms with Crippen LogP contribution in [0.2, 0.25) is 0 Å². The van der Waals surface area contributed by atoms with Crippen LogP contribution in [0.5, 0.6) is 5.75 Å². The molecule has 1 aromatic rings. The second-order valence-electron chi connectivity index (χ2n) is 4.06. The summed E-state index contributed by atoms with van der Waals surface area (Å²) in [5.41, 5.74) is 11.1. The van der Waals surface area contributed by atoms with Gasteiger partial charge in [-0.3, -0.25) is 9.59 Å². The zero-order valence-corrected chi connectivity index (χ0v) is 12.6. The lowest BCUT2D eigenvalue weighted by molar-refractivity contribution is -0.138. The molecular formula is C14H21FN2O4. The smallest absolute Gasteiger partial charge is 0.320 e. The molecule has 0 spiro atoms. The van der Waals surface area contributed by atoms with E-state index in [9.17, 15) is 14.0 Å². The highest BCUT2D eigenvalue weighted by Crippen LogP contribution is 2.29. The van der Waals surface area contributed by atoms with E-state index in [4.69, 9.17) is 21.3 Å². The number of hydrogen-bond acceptors (Lipinski definition) is 4. The molecule has 0 aliphatic rings. The van der Waals surface area contributed by atoms with Gasteiger partial charge in [0.15, 0.2) is 11.6 Å². The summed E-state index contributed by atoms with van der Waals surface area (Å²) in [7, 11) is 1.25. The Morgan fingerprint density at radius 1 is 1.43 bits per heavy atom. The summed E-state index contributed by atoms with van der Waals surface area (Å²) < 4.78 is 18.7. The Kier molecular flexibility index (Phi) is 7.37. The molecule has 0 bridgehead atoms. The molecule has 0 aliphatic carbocycles. The van der Waals surface area contributed by atoms with Crippen molar-refractivity contribution in [1.29, 1.82) is 0 Å².